The molecule has 1 unspecified atom stereocenters. The zero-order chi connectivity index (χ0) is 16.0. The Balaban J connectivity index is 2.38. The molecule has 4 nitrogen and oxygen atoms in total. The number of amides is 1. The predicted molar refractivity (Wildman–Crippen MR) is 89.5 cm³/mol. The highest BCUT2D eigenvalue weighted by Crippen LogP contribution is 2.24. The van der Waals surface area contributed by atoms with Gasteiger partial charge >= 0.3 is 0 Å². The minimum absolute atomic E-state index is 0.00325. The van der Waals surface area contributed by atoms with Crippen LogP contribution in [0.15, 0.2) is 24.3 Å². The third kappa shape index (κ3) is 6.12. The van der Waals surface area contributed by atoms with Crippen LogP contribution in [0.2, 0.25) is 0 Å². The van der Waals surface area contributed by atoms with Crippen molar-refractivity contribution in [2.45, 2.75) is 27.7 Å². The van der Waals surface area contributed by atoms with Gasteiger partial charge in [-0.1, -0.05) is 39.9 Å². The smallest absolute Gasteiger partial charge is 0.257 e. The van der Waals surface area contributed by atoms with Gasteiger partial charge in [0.1, 0.15) is 10.7 Å². The van der Waals surface area contributed by atoms with Crippen LogP contribution in [0.25, 0.3) is 0 Å². The number of benzene rings is 1. The van der Waals surface area contributed by atoms with Gasteiger partial charge in [-0.2, -0.15) is 0 Å². The lowest BCUT2D eigenvalue weighted by Gasteiger charge is -2.27. The first kappa shape index (κ1) is 17.4. The largest absolute Gasteiger partial charge is 0.484 e. The van der Waals surface area contributed by atoms with E-state index >= 15 is 0 Å². The predicted octanol–water partition coefficient (Wildman–Crippen LogP) is 2.50. The molecule has 0 aliphatic rings. The molecule has 0 aliphatic carbocycles. The summed E-state index contributed by atoms with van der Waals surface area (Å²) in [5.74, 6) is 0.893. The van der Waals surface area contributed by atoms with Crippen molar-refractivity contribution in [2.75, 3.05) is 13.2 Å². The van der Waals surface area contributed by atoms with Crippen LogP contribution in [0.5, 0.6) is 5.75 Å². The molecule has 1 aromatic rings. The zero-order valence-corrected chi connectivity index (χ0v) is 13.9. The molecule has 0 spiro atoms. The van der Waals surface area contributed by atoms with Crippen LogP contribution in [0.1, 0.15) is 33.3 Å². The van der Waals surface area contributed by atoms with Gasteiger partial charge in [0.2, 0.25) is 0 Å². The van der Waals surface area contributed by atoms with E-state index < -0.39 is 0 Å². The first-order chi connectivity index (χ1) is 9.70. The Morgan fingerprint density at radius 3 is 2.38 bits per heavy atom. The summed E-state index contributed by atoms with van der Waals surface area (Å²) in [6.07, 6.45) is 0. The lowest BCUT2D eigenvalue weighted by molar-refractivity contribution is -0.123. The van der Waals surface area contributed by atoms with E-state index in [-0.39, 0.29) is 17.9 Å². The fraction of sp³-hybridized carbons (Fsp3) is 0.500. The Hall–Kier alpha value is -1.62. The molecule has 0 heterocycles. The van der Waals surface area contributed by atoms with Crippen LogP contribution in [0, 0.1) is 11.3 Å². The Bertz CT molecular complexity index is 492. The second kappa shape index (κ2) is 7.41. The van der Waals surface area contributed by atoms with Crippen molar-refractivity contribution in [3.63, 3.8) is 0 Å². The summed E-state index contributed by atoms with van der Waals surface area (Å²) < 4.78 is 5.42. The summed E-state index contributed by atoms with van der Waals surface area (Å²) in [4.78, 5) is 12.1. The molecule has 1 rings (SSSR count). The average Bonchev–Trinajstić information content (AvgIpc) is 2.41. The molecule has 0 saturated carbocycles. The lowest BCUT2D eigenvalue weighted by atomic mass is 9.82. The molecule has 1 aromatic carbocycles. The molecule has 1 amide bonds. The molecule has 1 atom stereocenters. The third-order valence-electron chi connectivity index (χ3n) is 3.59. The molecule has 21 heavy (non-hydrogen) atoms. The van der Waals surface area contributed by atoms with Crippen LogP contribution >= 0.6 is 12.2 Å². The fourth-order valence-electron chi connectivity index (χ4n) is 1.49. The molecule has 0 saturated heterocycles. The fourth-order valence-corrected chi connectivity index (χ4v) is 1.62. The van der Waals surface area contributed by atoms with E-state index in [1.807, 2.05) is 0 Å². The summed E-state index contributed by atoms with van der Waals surface area (Å²) in [5, 5.41) is 2.88. The molecule has 0 fully saturated rings. The van der Waals surface area contributed by atoms with Gasteiger partial charge in [-0.15, -0.1) is 0 Å². The van der Waals surface area contributed by atoms with E-state index in [9.17, 15) is 4.79 Å². The van der Waals surface area contributed by atoms with Gasteiger partial charge in [-0.25, -0.2) is 0 Å². The van der Waals surface area contributed by atoms with E-state index in [1.165, 1.54) is 0 Å². The molecular weight excluding hydrogens is 284 g/mol. The maximum absolute atomic E-state index is 11.7. The number of nitrogens with one attached hydrogen (secondary N) is 1. The molecule has 0 radical (unpaired) electrons. The van der Waals surface area contributed by atoms with Crippen molar-refractivity contribution in [2.24, 2.45) is 17.1 Å². The van der Waals surface area contributed by atoms with E-state index in [4.69, 9.17) is 22.7 Å². The normalized spacial score (nSPS) is 12.6. The van der Waals surface area contributed by atoms with Crippen LogP contribution in [-0.4, -0.2) is 24.0 Å². The SMILES string of the molecule is CC(CNC(=O)COc1ccc(C(N)=S)cc1)C(C)(C)C. The molecule has 0 aromatic heterocycles. The number of rotatable bonds is 6. The van der Waals surface area contributed by atoms with Gasteiger partial charge in [0.15, 0.2) is 6.61 Å². The van der Waals surface area contributed by atoms with Gasteiger partial charge in [0.25, 0.3) is 5.91 Å². The van der Waals surface area contributed by atoms with Crippen molar-refractivity contribution < 1.29 is 9.53 Å². The monoisotopic (exact) mass is 308 g/mol. The second-order valence-corrected chi connectivity index (χ2v) is 6.69. The minimum Gasteiger partial charge on any atom is -0.484 e. The van der Waals surface area contributed by atoms with Crippen LogP contribution < -0.4 is 15.8 Å². The van der Waals surface area contributed by atoms with Crippen molar-refractivity contribution >= 4 is 23.1 Å². The highest BCUT2D eigenvalue weighted by Gasteiger charge is 2.20. The van der Waals surface area contributed by atoms with Crippen LogP contribution in [-0.2, 0) is 4.79 Å². The number of thiocarbonyl (C=S) groups is 1. The Labute approximate surface area is 132 Å². The number of nitrogens with two attached hydrogens (primary N) is 1. The maximum atomic E-state index is 11.7. The first-order valence-corrected chi connectivity index (χ1v) is 7.40. The standard InChI is InChI=1S/C16H24N2O2S/c1-11(16(2,3)4)9-18-14(19)10-20-13-7-5-12(6-8-13)15(17)21/h5-8,11H,9-10H2,1-4H3,(H2,17,21)(H,18,19). The number of carbonyl (C=O) groups excluding carboxylic acids is 1. The van der Waals surface area contributed by atoms with E-state index in [0.717, 1.165) is 5.56 Å². The highest BCUT2D eigenvalue weighted by atomic mass is 32.1. The van der Waals surface area contributed by atoms with E-state index in [0.29, 0.717) is 23.2 Å². The van der Waals surface area contributed by atoms with E-state index in [2.05, 4.69) is 33.0 Å². The average molecular weight is 308 g/mol. The molecule has 0 bridgehead atoms. The minimum atomic E-state index is -0.121. The summed E-state index contributed by atoms with van der Waals surface area (Å²) in [7, 11) is 0. The summed E-state index contributed by atoms with van der Waals surface area (Å²) >= 11 is 4.87. The summed E-state index contributed by atoms with van der Waals surface area (Å²) in [6, 6.07) is 7.05. The highest BCUT2D eigenvalue weighted by molar-refractivity contribution is 7.80. The Morgan fingerprint density at radius 2 is 1.90 bits per heavy atom. The van der Waals surface area contributed by atoms with Crippen molar-refractivity contribution in [1.82, 2.24) is 5.32 Å². The molecule has 0 aliphatic heterocycles. The number of hydrogen-bond donors (Lipinski definition) is 2. The zero-order valence-electron chi connectivity index (χ0n) is 13.1. The second-order valence-electron chi connectivity index (χ2n) is 6.25. The Morgan fingerprint density at radius 1 is 1.33 bits per heavy atom. The van der Waals surface area contributed by atoms with Crippen LogP contribution in [0.3, 0.4) is 0 Å². The van der Waals surface area contributed by atoms with Crippen molar-refractivity contribution in [1.29, 1.82) is 0 Å². The lowest BCUT2D eigenvalue weighted by Crippen LogP contribution is -2.36. The Kier molecular flexibility index (Phi) is 6.15. The quantitative estimate of drug-likeness (QED) is 0.793. The van der Waals surface area contributed by atoms with Gasteiger partial charge in [-0.05, 0) is 35.6 Å². The summed E-state index contributed by atoms with van der Waals surface area (Å²) in [6.45, 7) is 9.24. The third-order valence-corrected chi connectivity index (χ3v) is 3.83. The topological polar surface area (TPSA) is 64.3 Å². The molecule has 5 heteroatoms. The number of carbonyl (C=O) groups is 1. The van der Waals surface area contributed by atoms with Gasteiger partial charge in [-0.3, -0.25) is 4.79 Å². The van der Waals surface area contributed by atoms with Gasteiger partial charge < -0.3 is 15.8 Å². The van der Waals surface area contributed by atoms with Crippen LogP contribution in [0.4, 0.5) is 0 Å². The number of ether oxygens (including phenoxy) is 1. The van der Waals surface area contributed by atoms with Crippen molar-refractivity contribution in [3.05, 3.63) is 29.8 Å². The molecular formula is C16H24N2O2S. The molecule has 116 valence electrons. The maximum Gasteiger partial charge on any atom is 0.257 e. The van der Waals surface area contributed by atoms with Gasteiger partial charge in [0, 0.05) is 12.1 Å². The summed E-state index contributed by atoms with van der Waals surface area (Å²) in [5.41, 5.74) is 6.47. The first-order valence-electron chi connectivity index (χ1n) is 6.99. The van der Waals surface area contributed by atoms with Crippen molar-refractivity contribution in [3.8, 4) is 5.75 Å². The molecule has 3 N–H and O–H groups in total. The van der Waals surface area contributed by atoms with Gasteiger partial charge in [0.05, 0.1) is 0 Å². The number of hydrogen-bond acceptors (Lipinski definition) is 3. The van der Waals surface area contributed by atoms with E-state index in [1.54, 1.807) is 24.3 Å².